The van der Waals surface area contributed by atoms with E-state index in [0.29, 0.717) is 16.5 Å². The number of aryl methyl sites for hydroxylation is 1. The standard InChI is InChI=1S/C23H16N2O5/c1-14-5-4-6-16(13-14)20-21(26)18-7-2-3-8-19(18)30-23(20)24-22(27)15-9-11-17(12-10-15)25(28)29/h2-13H,1H3,(H,24,27). The van der Waals surface area contributed by atoms with Crippen LogP contribution in [0.15, 0.2) is 82.0 Å². The molecule has 0 saturated carbocycles. The summed E-state index contributed by atoms with van der Waals surface area (Å²) in [7, 11) is 0. The van der Waals surface area contributed by atoms with Crippen LogP contribution in [0.3, 0.4) is 0 Å². The molecule has 1 heterocycles. The third-order valence-corrected chi connectivity index (χ3v) is 4.67. The molecule has 148 valence electrons. The largest absolute Gasteiger partial charge is 0.439 e. The number of carbonyl (C=O) groups is 1. The molecule has 0 bridgehead atoms. The molecular formula is C23H16N2O5. The van der Waals surface area contributed by atoms with Gasteiger partial charge in [-0.3, -0.25) is 25.0 Å². The highest BCUT2D eigenvalue weighted by atomic mass is 16.6. The van der Waals surface area contributed by atoms with Gasteiger partial charge < -0.3 is 4.42 Å². The minimum absolute atomic E-state index is 0.0210. The zero-order valence-corrected chi connectivity index (χ0v) is 15.9. The minimum atomic E-state index is -0.544. The first-order valence-electron chi connectivity index (χ1n) is 9.13. The third kappa shape index (κ3) is 3.56. The predicted molar refractivity (Wildman–Crippen MR) is 114 cm³/mol. The van der Waals surface area contributed by atoms with Gasteiger partial charge in [0, 0.05) is 17.7 Å². The quantitative estimate of drug-likeness (QED) is 0.386. The summed E-state index contributed by atoms with van der Waals surface area (Å²) in [6.45, 7) is 1.90. The molecule has 0 fully saturated rings. The number of fused-ring (bicyclic) bond motifs is 1. The van der Waals surface area contributed by atoms with E-state index in [-0.39, 0.29) is 28.1 Å². The van der Waals surface area contributed by atoms with Crippen molar-refractivity contribution in [3.63, 3.8) is 0 Å². The molecule has 1 N–H and O–H groups in total. The molecule has 1 amide bonds. The Kier molecular flexibility index (Phi) is 4.85. The van der Waals surface area contributed by atoms with Gasteiger partial charge in [-0.1, -0.05) is 42.0 Å². The van der Waals surface area contributed by atoms with Gasteiger partial charge in [-0.15, -0.1) is 0 Å². The Morgan fingerprint density at radius 1 is 1.00 bits per heavy atom. The van der Waals surface area contributed by atoms with Crippen molar-refractivity contribution in [1.29, 1.82) is 0 Å². The summed E-state index contributed by atoms with van der Waals surface area (Å²) in [5.41, 5.74) is 1.98. The third-order valence-electron chi connectivity index (χ3n) is 4.67. The highest BCUT2D eigenvalue weighted by Crippen LogP contribution is 2.29. The van der Waals surface area contributed by atoms with Gasteiger partial charge in [-0.05, 0) is 36.8 Å². The lowest BCUT2D eigenvalue weighted by molar-refractivity contribution is -0.384. The van der Waals surface area contributed by atoms with E-state index in [1.54, 1.807) is 30.3 Å². The van der Waals surface area contributed by atoms with Crippen molar-refractivity contribution < 1.29 is 14.1 Å². The summed E-state index contributed by atoms with van der Waals surface area (Å²) in [5.74, 6) is -0.523. The molecule has 0 aliphatic rings. The molecule has 0 aliphatic heterocycles. The number of hydrogen-bond donors (Lipinski definition) is 1. The highest BCUT2D eigenvalue weighted by molar-refractivity contribution is 6.06. The average Bonchev–Trinajstić information content (AvgIpc) is 2.74. The molecule has 3 aromatic carbocycles. The van der Waals surface area contributed by atoms with Crippen molar-refractivity contribution >= 4 is 28.4 Å². The van der Waals surface area contributed by atoms with E-state index in [1.807, 2.05) is 25.1 Å². The van der Waals surface area contributed by atoms with Crippen LogP contribution in [0.1, 0.15) is 15.9 Å². The lowest BCUT2D eigenvalue weighted by Crippen LogP contribution is -2.16. The Morgan fingerprint density at radius 2 is 1.73 bits per heavy atom. The van der Waals surface area contributed by atoms with Crippen molar-refractivity contribution in [2.24, 2.45) is 0 Å². The second-order valence-corrected chi connectivity index (χ2v) is 6.76. The molecule has 7 nitrogen and oxygen atoms in total. The van der Waals surface area contributed by atoms with Crippen LogP contribution in [-0.4, -0.2) is 10.8 Å². The van der Waals surface area contributed by atoms with Gasteiger partial charge in [-0.2, -0.15) is 0 Å². The predicted octanol–water partition coefficient (Wildman–Crippen LogP) is 4.93. The number of nitro benzene ring substituents is 1. The minimum Gasteiger partial charge on any atom is -0.439 e. The molecule has 0 unspecified atom stereocenters. The summed E-state index contributed by atoms with van der Waals surface area (Å²) in [6, 6.07) is 19.3. The summed E-state index contributed by atoms with van der Waals surface area (Å²) in [4.78, 5) is 36.2. The molecule has 1 aromatic heterocycles. The molecule has 0 aliphatic carbocycles. The van der Waals surface area contributed by atoms with E-state index in [0.717, 1.165) is 5.56 Å². The van der Waals surface area contributed by atoms with Gasteiger partial charge in [0.1, 0.15) is 5.58 Å². The number of para-hydroxylation sites is 1. The van der Waals surface area contributed by atoms with Gasteiger partial charge >= 0.3 is 0 Å². The number of nitrogens with one attached hydrogen (secondary N) is 1. The maximum atomic E-state index is 13.2. The monoisotopic (exact) mass is 400 g/mol. The second-order valence-electron chi connectivity index (χ2n) is 6.76. The van der Waals surface area contributed by atoms with Crippen LogP contribution in [0.5, 0.6) is 0 Å². The van der Waals surface area contributed by atoms with Gasteiger partial charge in [0.15, 0.2) is 0 Å². The first-order chi connectivity index (χ1) is 14.4. The van der Waals surface area contributed by atoms with Crippen LogP contribution in [-0.2, 0) is 0 Å². The Morgan fingerprint density at radius 3 is 2.43 bits per heavy atom. The van der Waals surface area contributed by atoms with E-state index in [9.17, 15) is 19.7 Å². The zero-order valence-electron chi connectivity index (χ0n) is 15.9. The van der Waals surface area contributed by atoms with Gasteiger partial charge in [0.05, 0.1) is 15.9 Å². The summed E-state index contributed by atoms with van der Waals surface area (Å²) < 4.78 is 5.88. The fourth-order valence-corrected chi connectivity index (χ4v) is 3.20. The number of amides is 1. The van der Waals surface area contributed by atoms with Crippen molar-refractivity contribution in [1.82, 2.24) is 0 Å². The SMILES string of the molecule is Cc1cccc(-c2c(NC(=O)c3ccc([N+](=O)[O-])cc3)oc3ccccc3c2=O)c1. The number of benzene rings is 3. The molecule has 30 heavy (non-hydrogen) atoms. The van der Waals surface area contributed by atoms with E-state index in [2.05, 4.69) is 5.32 Å². The van der Waals surface area contributed by atoms with Crippen molar-refractivity contribution in [2.75, 3.05) is 5.32 Å². The van der Waals surface area contributed by atoms with Crippen LogP contribution in [0.2, 0.25) is 0 Å². The molecule has 0 spiro atoms. The van der Waals surface area contributed by atoms with Crippen LogP contribution in [0.25, 0.3) is 22.1 Å². The average molecular weight is 400 g/mol. The molecule has 0 radical (unpaired) electrons. The van der Waals surface area contributed by atoms with Crippen LogP contribution in [0.4, 0.5) is 11.6 Å². The molecule has 7 heteroatoms. The number of anilines is 1. The maximum absolute atomic E-state index is 13.2. The summed E-state index contributed by atoms with van der Waals surface area (Å²) >= 11 is 0. The molecule has 0 saturated heterocycles. The molecule has 0 atom stereocenters. The smallest absolute Gasteiger partial charge is 0.269 e. The number of non-ortho nitro benzene ring substituents is 1. The van der Waals surface area contributed by atoms with E-state index >= 15 is 0 Å². The number of hydrogen-bond acceptors (Lipinski definition) is 5. The lowest BCUT2D eigenvalue weighted by Gasteiger charge is -2.12. The van der Waals surface area contributed by atoms with Crippen LogP contribution in [0, 0.1) is 17.0 Å². The normalized spacial score (nSPS) is 10.7. The molecular weight excluding hydrogens is 384 g/mol. The van der Waals surface area contributed by atoms with Gasteiger partial charge in [-0.25, -0.2) is 0 Å². The summed E-state index contributed by atoms with van der Waals surface area (Å²) in [6.07, 6.45) is 0. The molecule has 4 aromatic rings. The van der Waals surface area contributed by atoms with Crippen LogP contribution >= 0.6 is 0 Å². The fourth-order valence-electron chi connectivity index (χ4n) is 3.20. The van der Waals surface area contributed by atoms with Gasteiger partial charge in [0.25, 0.3) is 11.6 Å². The number of nitrogens with zero attached hydrogens (tertiary/aromatic N) is 1. The van der Waals surface area contributed by atoms with Gasteiger partial charge in [0.2, 0.25) is 11.3 Å². The van der Waals surface area contributed by atoms with Crippen LogP contribution < -0.4 is 10.7 Å². The van der Waals surface area contributed by atoms with Crippen molar-refractivity contribution in [3.8, 4) is 11.1 Å². The number of carbonyl (C=O) groups excluding carboxylic acids is 1. The first-order valence-corrected chi connectivity index (χ1v) is 9.13. The Balaban J connectivity index is 1.83. The van der Waals surface area contributed by atoms with Crippen molar-refractivity contribution in [3.05, 3.63) is 104 Å². The topological polar surface area (TPSA) is 102 Å². The van der Waals surface area contributed by atoms with Crippen molar-refractivity contribution in [2.45, 2.75) is 6.92 Å². The molecule has 4 rings (SSSR count). The lowest BCUT2D eigenvalue weighted by atomic mass is 10.0. The highest BCUT2D eigenvalue weighted by Gasteiger charge is 2.19. The van der Waals surface area contributed by atoms with E-state index in [4.69, 9.17) is 4.42 Å². The zero-order chi connectivity index (χ0) is 21.3. The second kappa shape index (κ2) is 7.63. The Labute approximate surface area is 170 Å². The number of rotatable bonds is 4. The maximum Gasteiger partial charge on any atom is 0.269 e. The first kappa shape index (κ1) is 19.1. The Bertz CT molecular complexity index is 1340. The fraction of sp³-hybridized carbons (Fsp3) is 0.0435. The van der Waals surface area contributed by atoms with E-state index in [1.165, 1.54) is 24.3 Å². The number of nitro groups is 1. The van der Waals surface area contributed by atoms with E-state index < -0.39 is 10.8 Å². The Hall–Kier alpha value is -4.26. The summed E-state index contributed by atoms with van der Waals surface area (Å²) in [5, 5.41) is 13.9.